The summed E-state index contributed by atoms with van der Waals surface area (Å²) in [6.45, 7) is 3.02. The van der Waals surface area contributed by atoms with Gasteiger partial charge in [-0.2, -0.15) is 0 Å². The number of ketones is 2. The summed E-state index contributed by atoms with van der Waals surface area (Å²) in [6.07, 6.45) is 5.34. The third-order valence-electron chi connectivity index (χ3n) is 7.40. The van der Waals surface area contributed by atoms with E-state index in [2.05, 4.69) is 11.8 Å². The first-order chi connectivity index (χ1) is 17.5. The molecule has 0 radical (unpaired) electrons. The standard InChI is InChI=1S/C30H32FNO4/c1-3-16-32-22-10-6-12-24(33)29(22)28(30-23(32)11-7-13-25(30)34)19-14-15-26(27(17-19)35-2)36-18-20-8-4-5-9-21(20)31/h4-5,8-9,14-15,17,28H,3,6-7,10-13,16,18H2,1-2H3. The molecular formula is C30H32FNO4. The van der Waals surface area contributed by atoms with Crippen LogP contribution in [0.4, 0.5) is 4.39 Å². The van der Waals surface area contributed by atoms with Gasteiger partial charge in [0.1, 0.15) is 12.4 Å². The topological polar surface area (TPSA) is 55.8 Å². The molecule has 0 spiro atoms. The van der Waals surface area contributed by atoms with Crippen molar-refractivity contribution >= 4 is 11.6 Å². The minimum Gasteiger partial charge on any atom is -0.493 e. The second-order valence-corrected chi connectivity index (χ2v) is 9.65. The van der Waals surface area contributed by atoms with Crippen LogP contribution in [0.2, 0.25) is 0 Å². The van der Waals surface area contributed by atoms with E-state index in [1.165, 1.54) is 6.07 Å². The molecule has 5 rings (SSSR count). The van der Waals surface area contributed by atoms with Gasteiger partial charge in [-0.3, -0.25) is 9.59 Å². The Labute approximate surface area is 211 Å². The van der Waals surface area contributed by atoms with Crippen molar-refractivity contribution in [3.8, 4) is 11.5 Å². The Kier molecular flexibility index (Phi) is 6.95. The number of ether oxygens (including phenoxy) is 2. The fraction of sp³-hybridized carbons (Fsp3) is 0.400. The van der Waals surface area contributed by atoms with Crippen LogP contribution in [0.5, 0.6) is 11.5 Å². The van der Waals surface area contributed by atoms with E-state index in [4.69, 9.17) is 9.47 Å². The van der Waals surface area contributed by atoms with Gasteiger partial charge >= 0.3 is 0 Å². The number of carbonyl (C=O) groups is 2. The lowest BCUT2D eigenvalue weighted by molar-refractivity contribution is -0.117. The maximum absolute atomic E-state index is 14.1. The fourth-order valence-corrected chi connectivity index (χ4v) is 5.80. The third-order valence-corrected chi connectivity index (χ3v) is 7.40. The normalized spacial score (nSPS) is 18.4. The number of halogens is 1. The highest BCUT2D eigenvalue weighted by atomic mass is 19.1. The van der Waals surface area contributed by atoms with Gasteiger partial charge < -0.3 is 14.4 Å². The van der Waals surface area contributed by atoms with E-state index in [0.29, 0.717) is 29.9 Å². The molecule has 0 saturated carbocycles. The Morgan fingerprint density at radius 1 is 0.917 bits per heavy atom. The van der Waals surface area contributed by atoms with Crippen molar-refractivity contribution in [3.05, 3.63) is 81.9 Å². The number of carbonyl (C=O) groups excluding carboxylic acids is 2. The fourth-order valence-electron chi connectivity index (χ4n) is 5.80. The van der Waals surface area contributed by atoms with Crippen LogP contribution in [0, 0.1) is 5.82 Å². The van der Waals surface area contributed by atoms with Crippen molar-refractivity contribution in [2.45, 2.75) is 64.4 Å². The van der Waals surface area contributed by atoms with Crippen LogP contribution >= 0.6 is 0 Å². The molecule has 6 heteroatoms. The molecule has 5 nitrogen and oxygen atoms in total. The van der Waals surface area contributed by atoms with Gasteiger partial charge in [0.15, 0.2) is 23.1 Å². The second kappa shape index (κ2) is 10.3. The Balaban J connectivity index is 1.56. The molecule has 36 heavy (non-hydrogen) atoms. The van der Waals surface area contributed by atoms with E-state index in [1.54, 1.807) is 31.4 Å². The van der Waals surface area contributed by atoms with E-state index in [-0.39, 0.29) is 24.0 Å². The van der Waals surface area contributed by atoms with Crippen LogP contribution in [0.3, 0.4) is 0 Å². The zero-order chi connectivity index (χ0) is 25.2. The summed E-state index contributed by atoms with van der Waals surface area (Å²) in [5.41, 5.74) is 5.02. The van der Waals surface area contributed by atoms with E-state index in [9.17, 15) is 14.0 Å². The Hall–Kier alpha value is -3.41. The first-order valence-electron chi connectivity index (χ1n) is 12.9. The zero-order valence-electron chi connectivity index (χ0n) is 20.9. The van der Waals surface area contributed by atoms with E-state index in [1.807, 2.05) is 12.1 Å². The molecule has 0 aromatic heterocycles. The molecule has 0 bridgehead atoms. The molecule has 1 heterocycles. The van der Waals surface area contributed by atoms with Crippen LogP contribution in [0.25, 0.3) is 0 Å². The molecule has 0 amide bonds. The van der Waals surface area contributed by atoms with Crippen LogP contribution < -0.4 is 9.47 Å². The van der Waals surface area contributed by atoms with Crippen LogP contribution in [0.1, 0.15) is 68.9 Å². The molecule has 2 aromatic rings. The van der Waals surface area contributed by atoms with Crippen LogP contribution in [0.15, 0.2) is 65.0 Å². The monoisotopic (exact) mass is 489 g/mol. The van der Waals surface area contributed by atoms with Crippen molar-refractivity contribution in [1.29, 1.82) is 0 Å². The number of benzene rings is 2. The highest BCUT2D eigenvalue weighted by Crippen LogP contribution is 2.50. The summed E-state index contributed by atoms with van der Waals surface area (Å²) in [4.78, 5) is 29.0. The largest absolute Gasteiger partial charge is 0.493 e. The van der Waals surface area contributed by atoms with E-state index < -0.39 is 5.92 Å². The maximum atomic E-state index is 14.1. The average Bonchev–Trinajstić information content (AvgIpc) is 2.89. The van der Waals surface area contributed by atoms with Crippen molar-refractivity contribution < 1.29 is 23.5 Å². The van der Waals surface area contributed by atoms with Gasteiger partial charge in [-0.05, 0) is 55.9 Å². The summed E-state index contributed by atoms with van der Waals surface area (Å²) in [5.74, 6) is 0.532. The molecule has 0 N–H and O–H groups in total. The summed E-state index contributed by atoms with van der Waals surface area (Å²) in [6, 6.07) is 12.1. The lowest BCUT2D eigenvalue weighted by Gasteiger charge is -2.44. The lowest BCUT2D eigenvalue weighted by atomic mass is 9.71. The number of methoxy groups -OCH3 is 1. The molecule has 0 atom stereocenters. The molecule has 1 aliphatic heterocycles. The summed E-state index contributed by atoms with van der Waals surface area (Å²) in [5, 5.41) is 0. The van der Waals surface area contributed by atoms with Crippen LogP contribution in [-0.4, -0.2) is 30.1 Å². The van der Waals surface area contributed by atoms with E-state index in [0.717, 1.165) is 66.8 Å². The van der Waals surface area contributed by atoms with Gasteiger partial charge in [0.2, 0.25) is 0 Å². The number of allylic oxidation sites excluding steroid dienone is 4. The quantitative estimate of drug-likeness (QED) is 0.461. The zero-order valence-corrected chi connectivity index (χ0v) is 20.9. The molecule has 0 saturated heterocycles. The molecule has 2 aliphatic carbocycles. The highest BCUT2D eigenvalue weighted by molar-refractivity contribution is 6.06. The number of Topliss-reactive ketones (excluding diaryl/α,β-unsaturated/α-hetero) is 2. The van der Waals surface area contributed by atoms with Gasteiger partial charge in [0.05, 0.1) is 7.11 Å². The predicted octanol–water partition coefficient (Wildman–Crippen LogP) is 6.24. The Morgan fingerprint density at radius 2 is 1.58 bits per heavy atom. The first-order valence-corrected chi connectivity index (χ1v) is 12.9. The van der Waals surface area contributed by atoms with E-state index >= 15 is 0 Å². The Bertz CT molecular complexity index is 1220. The number of hydrogen-bond donors (Lipinski definition) is 0. The van der Waals surface area contributed by atoms with Gasteiger partial charge in [0, 0.05) is 53.4 Å². The van der Waals surface area contributed by atoms with Gasteiger partial charge in [-0.1, -0.05) is 31.2 Å². The highest BCUT2D eigenvalue weighted by Gasteiger charge is 2.43. The molecule has 2 aromatic carbocycles. The smallest absolute Gasteiger partial charge is 0.161 e. The Morgan fingerprint density at radius 3 is 2.19 bits per heavy atom. The van der Waals surface area contributed by atoms with Gasteiger partial charge in [-0.25, -0.2) is 4.39 Å². The van der Waals surface area contributed by atoms with Crippen molar-refractivity contribution in [3.63, 3.8) is 0 Å². The molecule has 0 unspecified atom stereocenters. The van der Waals surface area contributed by atoms with Gasteiger partial charge in [-0.15, -0.1) is 0 Å². The molecule has 188 valence electrons. The first kappa shape index (κ1) is 24.3. The molecule has 3 aliphatic rings. The predicted molar refractivity (Wildman–Crippen MR) is 135 cm³/mol. The second-order valence-electron chi connectivity index (χ2n) is 9.65. The minimum atomic E-state index is -0.391. The number of nitrogens with zero attached hydrogens (tertiary/aromatic N) is 1. The summed E-state index contributed by atoms with van der Waals surface area (Å²) in [7, 11) is 1.56. The molecular weight excluding hydrogens is 457 g/mol. The number of hydrogen-bond acceptors (Lipinski definition) is 5. The summed E-state index contributed by atoms with van der Waals surface area (Å²) < 4.78 is 25.6. The lowest BCUT2D eigenvalue weighted by Crippen LogP contribution is -2.39. The maximum Gasteiger partial charge on any atom is 0.161 e. The van der Waals surface area contributed by atoms with Crippen molar-refractivity contribution in [2.75, 3.05) is 13.7 Å². The SMILES string of the molecule is CCCN1C2=C(C(=O)CCC2)C(c2ccc(OCc3ccccc3F)c(OC)c2)C2=C1CCCC2=O. The number of rotatable bonds is 7. The van der Waals surface area contributed by atoms with Crippen LogP contribution in [-0.2, 0) is 16.2 Å². The minimum absolute atomic E-state index is 0.0688. The van der Waals surface area contributed by atoms with Crippen molar-refractivity contribution in [1.82, 2.24) is 4.90 Å². The summed E-state index contributed by atoms with van der Waals surface area (Å²) >= 11 is 0. The molecule has 0 fully saturated rings. The third kappa shape index (κ3) is 4.34. The van der Waals surface area contributed by atoms with Crippen molar-refractivity contribution in [2.24, 2.45) is 0 Å². The van der Waals surface area contributed by atoms with Gasteiger partial charge in [0.25, 0.3) is 0 Å². The average molecular weight is 490 g/mol.